The third kappa shape index (κ3) is 6.92. The van der Waals surface area contributed by atoms with Gasteiger partial charge in [-0.15, -0.1) is 11.8 Å². The summed E-state index contributed by atoms with van der Waals surface area (Å²) in [5.74, 6) is 5.78. The molecule has 2 heteroatoms. The maximum Gasteiger partial charge on any atom is 0.220 e. The molecule has 0 atom stereocenters. The maximum atomic E-state index is 10.8. The van der Waals surface area contributed by atoms with E-state index in [0.717, 1.165) is 12.8 Å². The highest BCUT2D eigenvalue weighted by molar-refractivity contribution is 5.75. The van der Waals surface area contributed by atoms with Crippen LogP contribution in [0.25, 0.3) is 0 Å². The fourth-order valence-corrected chi connectivity index (χ4v) is 0.705. The van der Waals surface area contributed by atoms with Crippen molar-refractivity contribution in [1.82, 2.24) is 5.32 Å². The van der Waals surface area contributed by atoms with E-state index in [1.807, 2.05) is 6.92 Å². The fraction of sp³-hybridized carbons (Fsp3) is 0.667. The molecule has 0 rings (SSSR count). The van der Waals surface area contributed by atoms with Crippen LogP contribution >= 0.6 is 0 Å². The number of nitrogens with one attached hydrogen (secondary N) is 1. The number of carbonyl (C=O) groups is 1. The highest BCUT2D eigenvalue weighted by atomic mass is 16.1. The Balaban J connectivity index is 3.22. The summed E-state index contributed by atoms with van der Waals surface area (Å²) in [5.41, 5.74) is 0. The van der Waals surface area contributed by atoms with Gasteiger partial charge in [-0.1, -0.05) is 6.92 Å². The Bertz CT molecular complexity index is 164. The third-order valence-corrected chi connectivity index (χ3v) is 1.23. The molecule has 0 radical (unpaired) electrons. The maximum absolute atomic E-state index is 10.8. The van der Waals surface area contributed by atoms with Gasteiger partial charge >= 0.3 is 0 Å². The standard InChI is InChI=1S/C9H15NO/c1-3-5-6-8-10-9(11)7-4-2/h4,6-8H2,1-2H3,(H,10,11). The molecule has 2 nitrogen and oxygen atoms in total. The molecule has 11 heavy (non-hydrogen) atoms. The Morgan fingerprint density at radius 2 is 2.27 bits per heavy atom. The summed E-state index contributed by atoms with van der Waals surface area (Å²) < 4.78 is 0. The lowest BCUT2D eigenvalue weighted by Gasteiger charge is -1.99. The summed E-state index contributed by atoms with van der Waals surface area (Å²) in [6, 6.07) is 0. The topological polar surface area (TPSA) is 29.1 Å². The van der Waals surface area contributed by atoms with E-state index in [9.17, 15) is 4.79 Å². The quantitative estimate of drug-likeness (QED) is 0.479. The molecule has 0 aliphatic rings. The zero-order valence-electron chi connectivity index (χ0n) is 7.24. The first-order valence-electron chi connectivity index (χ1n) is 3.97. The molecule has 0 aromatic heterocycles. The molecule has 0 aliphatic heterocycles. The van der Waals surface area contributed by atoms with Gasteiger partial charge in [0.2, 0.25) is 5.91 Å². The summed E-state index contributed by atoms with van der Waals surface area (Å²) in [5, 5.41) is 2.78. The monoisotopic (exact) mass is 153 g/mol. The van der Waals surface area contributed by atoms with Crippen molar-refractivity contribution >= 4 is 5.91 Å². The number of carbonyl (C=O) groups excluding carboxylic acids is 1. The Morgan fingerprint density at radius 1 is 1.55 bits per heavy atom. The number of rotatable bonds is 4. The van der Waals surface area contributed by atoms with E-state index < -0.39 is 0 Å². The molecule has 0 saturated carbocycles. The second-order valence-corrected chi connectivity index (χ2v) is 2.28. The van der Waals surface area contributed by atoms with Crippen LogP contribution in [0.1, 0.15) is 33.1 Å². The Morgan fingerprint density at radius 3 is 2.82 bits per heavy atom. The van der Waals surface area contributed by atoms with Crippen LogP contribution in [-0.4, -0.2) is 12.5 Å². The molecule has 1 N–H and O–H groups in total. The van der Waals surface area contributed by atoms with Gasteiger partial charge in [0.15, 0.2) is 0 Å². The minimum Gasteiger partial charge on any atom is -0.355 e. The van der Waals surface area contributed by atoms with Crippen molar-refractivity contribution in [2.45, 2.75) is 33.1 Å². The van der Waals surface area contributed by atoms with Crippen molar-refractivity contribution in [3.05, 3.63) is 0 Å². The Hall–Kier alpha value is -0.970. The largest absolute Gasteiger partial charge is 0.355 e. The lowest BCUT2D eigenvalue weighted by Crippen LogP contribution is -2.23. The summed E-state index contributed by atoms with van der Waals surface area (Å²) in [6.07, 6.45) is 2.29. The Labute approximate surface area is 68.4 Å². The van der Waals surface area contributed by atoms with Gasteiger partial charge in [0, 0.05) is 19.4 Å². The summed E-state index contributed by atoms with van der Waals surface area (Å²) >= 11 is 0. The smallest absolute Gasteiger partial charge is 0.220 e. The molecule has 0 fully saturated rings. The molecule has 0 saturated heterocycles. The number of hydrogen-bond acceptors (Lipinski definition) is 1. The molecular weight excluding hydrogens is 138 g/mol. The SMILES string of the molecule is CC#CCCNC(=O)CCC. The second kappa shape index (κ2) is 7.14. The molecule has 0 unspecified atom stereocenters. The van der Waals surface area contributed by atoms with Crippen molar-refractivity contribution < 1.29 is 4.79 Å². The summed E-state index contributed by atoms with van der Waals surface area (Å²) in [6.45, 7) is 4.47. The highest BCUT2D eigenvalue weighted by Gasteiger charge is 1.95. The predicted octanol–water partition coefficient (Wildman–Crippen LogP) is 1.32. The lowest BCUT2D eigenvalue weighted by atomic mass is 10.3. The average Bonchev–Trinajstić information content (AvgIpc) is 1.99. The number of hydrogen-bond donors (Lipinski definition) is 1. The Kier molecular flexibility index (Phi) is 6.51. The first-order valence-corrected chi connectivity index (χ1v) is 3.97. The summed E-state index contributed by atoms with van der Waals surface area (Å²) in [7, 11) is 0. The highest BCUT2D eigenvalue weighted by Crippen LogP contribution is 1.85. The van der Waals surface area contributed by atoms with Crippen LogP contribution in [0.4, 0.5) is 0 Å². The predicted molar refractivity (Wildman–Crippen MR) is 46.0 cm³/mol. The van der Waals surface area contributed by atoms with Gasteiger partial charge in [-0.25, -0.2) is 0 Å². The normalized spacial score (nSPS) is 8.18. The third-order valence-electron chi connectivity index (χ3n) is 1.23. The van der Waals surface area contributed by atoms with Gasteiger partial charge in [-0.05, 0) is 13.3 Å². The van der Waals surface area contributed by atoms with Gasteiger partial charge in [0.1, 0.15) is 0 Å². The molecule has 0 aromatic rings. The van der Waals surface area contributed by atoms with Crippen molar-refractivity contribution in [3.63, 3.8) is 0 Å². The van der Waals surface area contributed by atoms with Gasteiger partial charge in [0.05, 0.1) is 0 Å². The molecule has 1 amide bonds. The van der Waals surface area contributed by atoms with Gasteiger partial charge < -0.3 is 5.32 Å². The molecular formula is C9H15NO. The van der Waals surface area contributed by atoms with Crippen molar-refractivity contribution in [2.75, 3.05) is 6.54 Å². The van der Waals surface area contributed by atoms with Gasteiger partial charge in [-0.3, -0.25) is 4.79 Å². The van der Waals surface area contributed by atoms with E-state index >= 15 is 0 Å². The van der Waals surface area contributed by atoms with Crippen molar-refractivity contribution in [3.8, 4) is 11.8 Å². The fourth-order valence-electron chi connectivity index (χ4n) is 0.705. The summed E-state index contributed by atoms with van der Waals surface area (Å²) in [4.78, 5) is 10.8. The van der Waals surface area contributed by atoms with Crippen molar-refractivity contribution in [2.24, 2.45) is 0 Å². The van der Waals surface area contributed by atoms with Crippen LogP contribution in [-0.2, 0) is 4.79 Å². The van der Waals surface area contributed by atoms with E-state index in [-0.39, 0.29) is 5.91 Å². The molecule has 62 valence electrons. The van der Waals surface area contributed by atoms with E-state index in [2.05, 4.69) is 17.2 Å². The van der Waals surface area contributed by atoms with E-state index in [4.69, 9.17) is 0 Å². The van der Waals surface area contributed by atoms with E-state index in [1.165, 1.54) is 0 Å². The number of amides is 1. The zero-order chi connectivity index (χ0) is 8.53. The van der Waals surface area contributed by atoms with E-state index in [0.29, 0.717) is 13.0 Å². The molecule has 0 spiro atoms. The van der Waals surface area contributed by atoms with Crippen LogP contribution in [0.3, 0.4) is 0 Å². The van der Waals surface area contributed by atoms with Gasteiger partial charge in [-0.2, -0.15) is 0 Å². The molecule has 0 aliphatic carbocycles. The molecule has 0 bridgehead atoms. The average molecular weight is 153 g/mol. The molecule has 0 aromatic carbocycles. The minimum atomic E-state index is 0.130. The van der Waals surface area contributed by atoms with Crippen molar-refractivity contribution in [1.29, 1.82) is 0 Å². The van der Waals surface area contributed by atoms with Gasteiger partial charge in [0.25, 0.3) is 0 Å². The minimum absolute atomic E-state index is 0.130. The second-order valence-electron chi connectivity index (χ2n) is 2.28. The van der Waals surface area contributed by atoms with Crippen LogP contribution in [0, 0.1) is 11.8 Å². The van der Waals surface area contributed by atoms with E-state index in [1.54, 1.807) is 6.92 Å². The van der Waals surface area contributed by atoms with Crippen LogP contribution in [0.2, 0.25) is 0 Å². The lowest BCUT2D eigenvalue weighted by molar-refractivity contribution is -0.121. The first-order chi connectivity index (χ1) is 5.31. The van der Waals surface area contributed by atoms with Crippen LogP contribution in [0.15, 0.2) is 0 Å². The van der Waals surface area contributed by atoms with Crippen LogP contribution < -0.4 is 5.32 Å². The first kappa shape index (κ1) is 10.0. The zero-order valence-corrected chi connectivity index (χ0v) is 7.24. The molecule has 0 heterocycles. The van der Waals surface area contributed by atoms with Crippen LogP contribution in [0.5, 0.6) is 0 Å².